The average molecular weight is 318 g/mol. The molecule has 0 radical (unpaired) electrons. The second kappa shape index (κ2) is 13.4. The van der Waals surface area contributed by atoms with E-state index in [0.29, 0.717) is 16.9 Å². The van der Waals surface area contributed by atoms with Crippen molar-refractivity contribution in [2.24, 2.45) is 9.98 Å². The van der Waals surface area contributed by atoms with Crippen molar-refractivity contribution in [3.8, 4) is 0 Å². The van der Waals surface area contributed by atoms with Crippen molar-refractivity contribution in [1.82, 2.24) is 0 Å². The summed E-state index contributed by atoms with van der Waals surface area (Å²) in [6.45, 7) is 7.64. The highest BCUT2D eigenvalue weighted by Gasteiger charge is 2.00. The van der Waals surface area contributed by atoms with Gasteiger partial charge in [-0.3, -0.25) is 0 Å². The number of hydrogen-bond donors (Lipinski definition) is 2. The zero-order valence-corrected chi connectivity index (χ0v) is 12.2. The molecule has 0 aromatic heterocycles. The molecule has 0 heterocycles. The number of nitrogens with zero attached hydrogens (tertiary/aromatic N) is 2. The van der Waals surface area contributed by atoms with Crippen molar-refractivity contribution in [2.75, 3.05) is 0 Å². The quantitative estimate of drug-likeness (QED) is 0.497. The molecule has 120 valence electrons. The molecule has 0 saturated heterocycles. The second-order valence-electron chi connectivity index (χ2n) is 3.41. The zero-order valence-electron chi connectivity index (χ0n) is 12.2. The first-order valence-electron chi connectivity index (χ1n) is 5.80. The number of isocyanates is 2. The van der Waals surface area contributed by atoms with Crippen LogP contribution in [0, 0.1) is 6.92 Å². The first-order valence-corrected chi connectivity index (χ1v) is 5.80. The van der Waals surface area contributed by atoms with E-state index in [1.54, 1.807) is 25.1 Å². The van der Waals surface area contributed by atoms with E-state index in [1.807, 2.05) is 0 Å². The lowest BCUT2D eigenvalue weighted by Crippen LogP contribution is -1.82. The number of hydrogen-bond acceptors (Lipinski definition) is 6. The van der Waals surface area contributed by atoms with Gasteiger partial charge in [0.1, 0.15) is 0 Å². The van der Waals surface area contributed by atoms with Crippen LogP contribution in [0.3, 0.4) is 0 Å². The Morgan fingerprint density at radius 2 is 1.30 bits per heavy atom. The predicted molar refractivity (Wildman–Crippen MR) is 82.4 cm³/mol. The summed E-state index contributed by atoms with van der Waals surface area (Å²) in [5.74, 6) is -1.96. The van der Waals surface area contributed by atoms with E-state index in [1.165, 1.54) is 12.2 Å². The minimum Gasteiger partial charge on any atom is -0.478 e. The molecular formula is C15H14N2O6. The van der Waals surface area contributed by atoms with Crippen LogP contribution in [0.1, 0.15) is 5.56 Å². The number of benzene rings is 1. The van der Waals surface area contributed by atoms with Crippen LogP contribution in [0.5, 0.6) is 0 Å². The first kappa shape index (κ1) is 21.7. The van der Waals surface area contributed by atoms with Gasteiger partial charge < -0.3 is 10.2 Å². The molecule has 0 unspecified atom stereocenters. The van der Waals surface area contributed by atoms with Gasteiger partial charge in [0.25, 0.3) is 0 Å². The normalized spacial score (nSPS) is 7.52. The molecule has 8 heteroatoms. The number of aliphatic carboxylic acids is 2. The van der Waals surface area contributed by atoms with Crippen LogP contribution in [-0.4, -0.2) is 34.3 Å². The first-order chi connectivity index (χ1) is 10.8. The molecule has 1 aromatic rings. The molecule has 0 atom stereocenters. The van der Waals surface area contributed by atoms with E-state index in [0.717, 1.165) is 12.2 Å². The molecule has 0 amide bonds. The van der Waals surface area contributed by atoms with Crippen molar-refractivity contribution in [3.63, 3.8) is 0 Å². The minimum atomic E-state index is -0.981. The van der Waals surface area contributed by atoms with Gasteiger partial charge in [0, 0.05) is 17.7 Å². The molecule has 0 spiro atoms. The van der Waals surface area contributed by atoms with E-state index >= 15 is 0 Å². The Labute approximate surface area is 131 Å². The molecule has 23 heavy (non-hydrogen) atoms. The Balaban J connectivity index is 0. The molecule has 0 saturated carbocycles. The van der Waals surface area contributed by atoms with E-state index < -0.39 is 11.9 Å². The lowest BCUT2D eigenvalue weighted by molar-refractivity contribution is -0.132. The Morgan fingerprint density at radius 1 is 1.00 bits per heavy atom. The third kappa shape index (κ3) is 11.9. The highest BCUT2D eigenvalue weighted by Crippen LogP contribution is 2.26. The number of carbonyl (C=O) groups is 2. The van der Waals surface area contributed by atoms with Crippen LogP contribution >= 0.6 is 0 Å². The molecule has 0 aliphatic rings. The Morgan fingerprint density at radius 3 is 1.52 bits per heavy atom. The lowest BCUT2D eigenvalue weighted by atomic mass is 10.1. The summed E-state index contributed by atoms with van der Waals surface area (Å²) in [5, 5.41) is 15.2. The fourth-order valence-electron chi connectivity index (χ4n) is 0.952. The summed E-state index contributed by atoms with van der Waals surface area (Å²) >= 11 is 0. The molecule has 8 nitrogen and oxygen atoms in total. The van der Waals surface area contributed by atoms with Gasteiger partial charge in [-0.15, -0.1) is 0 Å². The monoisotopic (exact) mass is 318 g/mol. The van der Waals surface area contributed by atoms with Gasteiger partial charge in [-0.1, -0.05) is 19.2 Å². The molecule has 2 N–H and O–H groups in total. The van der Waals surface area contributed by atoms with Crippen LogP contribution in [0.25, 0.3) is 0 Å². The van der Waals surface area contributed by atoms with Crippen LogP contribution < -0.4 is 0 Å². The fraction of sp³-hybridized carbons (Fsp3) is 0.0667. The lowest BCUT2D eigenvalue weighted by Gasteiger charge is -1.99. The van der Waals surface area contributed by atoms with Crippen LogP contribution in [0.2, 0.25) is 0 Å². The van der Waals surface area contributed by atoms with E-state index in [2.05, 4.69) is 23.1 Å². The highest BCUT2D eigenvalue weighted by atomic mass is 16.4. The summed E-state index contributed by atoms with van der Waals surface area (Å²) in [4.78, 5) is 45.4. The molecule has 1 rings (SSSR count). The third-order valence-electron chi connectivity index (χ3n) is 1.96. The number of carbonyl (C=O) groups excluding carboxylic acids is 2. The Kier molecular flexibility index (Phi) is 12.6. The summed E-state index contributed by atoms with van der Waals surface area (Å²) in [6.07, 6.45) is 4.52. The summed E-state index contributed by atoms with van der Waals surface area (Å²) in [6, 6.07) is 4.94. The maximum Gasteiger partial charge on any atom is 0.327 e. The molecule has 1 aromatic carbocycles. The van der Waals surface area contributed by atoms with Crippen LogP contribution in [0.4, 0.5) is 11.4 Å². The van der Waals surface area contributed by atoms with Gasteiger partial charge in [0.2, 0.25) is 12.2 Å². The molecule has 0 aliphatic carbocycles. The van der Waals surface area contributed by atoms with Crippen molar-refractivity contribution in [3.05, 3.63) is 49.1 Å². The van der Waals surface area contributed by atoms with Crippen molar-refractivity contribution < 1.29 is 29.4 Å². The third-order valence-corrected chi connectivity index (χ3v) is 1.96. The van der Waals surface area contributed by atoms with E-state index in [-0.39, 0.29) is 0 Å². The number of rotatable bonds is 4. The highest BCUT2D eigenvalue weighted by molar-refractivity contribution is 5.79. The molecular weight excluding hydrogens is 304 g/mol. The molecule has 0 fully saturated rings. The Hall–Kier alpha value is -3.60. The summed E-state index contributed by atoms with van der Waals surface area (Å²) in [7, 11) is 0. The molecule has 0 aliphatic heterocycles. The standard InChI is InChI=1S/C9H6N2O2.2C3H4O2/c1-7-8(10-5-12)3-2-4-9(7)11-6-13;2*1-2-3(4)5/h2-4H,1H3;2*2H,1H2,(H,4,5). The smallest absolute Gasteiger partial charge is 0.327 e. The van der Waals surface area contributed by atoms with Crippen molar-refractivity contribution in [2.45, 2.75) is 6.92 Å². The van der Waals surface area contributed by atoms with Gasteiger partial charge >= 0.3 is 11.9 Å². The zero-order chi connectivity index (χ0) is 18.3. The fourth-order valence-corrected chi connectivity index (χ4v) is 0.952. The largest absolute Gasteiger partial charge is 0.478 e. The van der Waals surface area contributed by atoms with Gasteiger partial charge in [0.15, 0.2) is 0 Å². The van der Waals surface area contributed by atoms with E-state index in [4.69, 9.17) is 10.2 Å². The number of carboxylic acids is 2. The number of carboxylic acid groups (broad SMARTS) is 2. The second-order valence-corrected chi connectivity index (χ2v) is 3.41. The Bertz CT molecular complexity index is 614. The minimum absolute atomic E-state index is 0.464. The maximum absolute atomic E-state index is 10.00. The summed E-state index contributed by atoms with van der Waals surface area (Å²) < 4.78 is 0. The SMILES string of the molecule is C=CC(=O)O.C=CC(=O)O.Cc1c(N=C=O)cccc1N=C=O. The average Bonchev–Trinajstić information content (AvgIpc) is 2.52. The van der Waals surface area contributed by atoms with Crippen molar-refractivity contribution in [1.29, 1.82) is 0 Å². The predicted octanol–water partition coefficient (Wildman–Crippen LogP) is 2.44. The molecule has 0 bridgehead atoms. The van der Waals surface area contributed by atoms with Crippen LogP contribution in [0.15, 0.2) is 53.5 Å². The van der Waals surface area contributed by atoms with Crippen LogP contribution in [-0.2, 0) is 19.2 Å². The van der Waals surface area contributed by atoms with Crippen molar-refractivity contribution >= 4 is 35.5 Å². The van der Waals surface area contributed by atoms with Gasteiger partial charge in [0.05, 0.1) is 11.4 Å². The topological polar surface area (TPSA) is 133 Å². The van der Waals surface area contributed by atoms with Gasteiger partial charge in [-0.2, -0.15) is 9.98 Å². The maximum atomic E-state index is 10.00. The van der Waals surface area contributed by atoms with Gasteiger partial charge in [-0.05, 0) is 19.1 Å². The number of aliphatic imine (C=N–C) groups is 2. The van der Waals surface area contributed by atoms with Gasteiger partial charge in [-0.25, -0.2) is 19.2 Å². The summed E-state index contributed by atoms with van der Waals surface area (Å²) in [5.41, 5.74) is 1.59. The van der Waals surface area contributed by atoms with E-state index in [9.17, 15) is 19.2 Å².